The molecule has 1 heterocycles. The van der Waals surface area contributed by atoms with E-state index in [0.717, 1.165) is 35.8 Å². The number of thiazole rings is 1. The molecule has 1 aromatic heterocycles. The van der Waals surface area contributed by atoms with Crippen LogP contribution in [0.1, 0.15) is 24.6 Å². The molecule has 0 bridgehead atoms. The maximum Gasteiger partial charge on any atom is 0.0795 e. The number of anilines is 1. The fourth-order valence-corrected chi connectivity index (χ4v) is 2.97. The summed E-state index contributed by atoms with van der Waals surface area (Å²) in [6.07, 6.45) is 1.84. The Bertz CT molecular complexity index is 542. The number of nitrogens with two attached hydrogens (primary N) is 1. The lowest BCUT2D eigenvalue weighted by atomic mass is 10.0. The third-order valence-electron chi connectivity index (χ3n) is 3.33. The van der Waals surface area contributed by atoms with Crippen molar-refractivity contribution in [3.63, 3.8) is 0 Å². The van der Waals surface area contributed by atoms with Gasteiger partial charge in [0.15, 0.2) is 0 Å². The quantitative estimate of drug-likeness (QED) is 0.884. The molecule has 0 saturated carbocycles. The van der Waals surface area contributed by atoms with Crippen LogP contribution in [0.25, 0.3) is 0 Å². The minimum absolute atomic E-state index is 0.199. The van der Waals surface area contributed by atoms with E-state index >= 15 is 0 Å². The van der Waals surface area contributed by atoms with Crippen molar-refractivity contribution < 1.29 is 0 Å². The van der Waals surface area contributed by atoms with E-state index in [4.69, 9.17) is 17.3 Å². The minimum Gasteiger partial charge on any atom is -0.367 e. The van der Waals surface area contributed by atoms with E-state index in [-0.39, 0.29) is 6.04 Å². The van der Waals surface area contributed by atoms with Crippen LogP contribution in [0.3, 0.4) is 0 Å². The summed E-state index contributed by atoms with van der Waals surface area (Å²) in [4.78, 5) is 6.41. The molecule has 0 aliphatic carbocycles. The van der Waals surface area contributed by atoms with Crippen LogP contribution in [-0.4, -0.2) is 18.1 Å². The first-order valence-electron chi connectivity index (χ1n) is 6.72. The molecule has 2 rings (SSSR count). The van der Waals surface area contributed by atoms with Crippen LogP contribution in [0.2, 0.25) is 5.02 Å². The van der Waals surface area contributed by atoms with Crippen LogP contribution in [0.4, 0.5) is 5.69 Å². The van der Waals surface area contributed by atoms with Gasteiger partial charge in [-0.2, -0.15) is 0 Å². The molecule has 0 radical (unpaired) electrons. The summed E-state index contributed by atoms with van der Waals surface area (Å²) in [5, 5.41) is 2.82. The summed E-state index contributed by atoms with van der Waals surface area (Å²) in [5.41, 5.74) is 11.1. The zero-order valence-electron chi connectivity index (χ0n) is 11.8. The monoisotopic (exact) mass is 309 g/mol. The van der Waals surface area contributed by atoms with E-state index in [1.807, 2.05) is 18.6 Å². The van der Waals surface area contributed by atoms with Crippen LogP contribution in [0.5, 0.6) is 0 Å². The first kappa shape index (κ1) is 15.3. The van der Waals surface area contributed by atoms with Gasteiger partial charge in [0.2, 0.25) is 0 Å². The largest absolute Gasteiger partial charge is 0.367 e. The topological polar surface area (TPSA) is 42.1 Å². The van der Waals surface area contributed by atoms with Crippen molar-refractivity contribution >= 4 is 28.6 Å². The second kappa shape index (κ2) is 7.07. The molecule has 0 spiro atoms. The third kappa shape index (κ3) is 3.95. The van der Waals surface area contributed by atoms with Gasteiger partial charge < -0.3 is 10.6 Å². The van der Waals surface area contributed by atoms with E-state index in [9.17, 15) is 0 Å². The summed E-state index contributed by atoms with van der Waals surface area (Å²) in [5.74, 6) is 0. The molecule has 0 fully saturated rings. The van der Waals surface area contributed by atoms with Gasteiger partial charge in [0, 0.05) is 18.5 Å². The van der Waals surface area contributed by atoms with Gasteiger partial charge in [0.1, 0.15) is 0 Å². The molecule has 0 saturated heterocycles. The lowest BCUT2D eigenvalue weighted by Crippen LogP contribution is -2.21. The summed E-state index contributed by atoms with van der Waals surface area (Å²) in [7, 11) is 2.03. The fraction of sp³-hybridized carbons (Fsp3) is 0.400. The summed E-state index contributed by atoms with van der Waals surface area (Å²) in [6, 6.07) is 6.38. The average Bonchev–Trinajstić information content (AvgIpc) is 2.91. The van der Waals surface area contributed by atoms with Gasteiger partial charge in [-0.3, -0.25) is 0 Å². The molecular weight excluding hydrogens is 290 g/mol. The number of nitrogens with zero attached hydrogens (tertiary/aromatic N) is 2. The molecule has 0 aliphatic heterocycles. The van der Waals surface area contributed by atoms with Gasteiger partial charge >= 0.3 is 0 Å². The van der Waals surface area contributed by atoms with Gasteiger partial charge in [-0.05, 0) is 30.5 Å². The molecule has 108 valence electrons. The molecule has 2 aromatic rings. The van der Waals surface area contributed by atoms with E-state index in [0.29, 0.717) is 0 Å². The second-order valence-corrected chi connectivity index (χ2v) is 6.12. The number of hydrogen-bond donors (Lipinski definition) is 1. The summed E-state index contributed by atoms with van der Waals surface area (Å²) in [6.45, 7) is 2.86. The lowest BCUT2D eigenvalue weighted by Gasteiger charge is -2.20. The fourth-order valence-electron chi connectivity index (χ4n) is 2.08. The zero-order chi connectivity index (χ0) is 14.5. The van der Waals surface area contributed by atoms with E-state index in [2.05, 4.69) is 34.3 Å². The van der Waals surface area contributed by atoms with Crippen LogP contribution in [0.15, 0.2) is 29.1 Å². The summed E-state index contributed by atoms with van der Waals surface area (Å²) >= 11 is 8.00. The van der Waals surface area contributed by atoms with Gasteiger partial charge in [0.25, 0.3) is 0 Å². The van der Waals surface area contributed by atoms with E-state index in [1.165, 1.54) is 5.56 Å². The second-order valence-electron chi connectivity index (χ2n) is 4.99. The van der Waals surface area contributed by atoms with E-state index in [1.54, 1.807) is 11.3 Å². The first-order chi connectivity index (χ1) is 9.60. The van der Waals surface area contributed by atoms with Crippen molar-refractivity contribution in [3.8, 4) is 0 Å². The molecule has 0 amide bonds. The predicted molar refractivity (Wildman–Crippen MR) is 87.6 cm³/mol. The van der Waals surface area contributed by atoms with Crippen LogP contribution < -0.4 is 10.6 Å². The van der Waals surface area contributed by atoms with Crippen molar-refractivity contribution in [1.82, 2.24) is 4.98 Å². The Hall–Kier alpha value is -1.10. The Kier molecular flexibility index (Phi) is 5.40. The minimum atomic E-state index is 0.199. The standard InChI is InChI=1S/C15H20ClN3S/c1-3-12(17)6-11-4-5-15(14(16)7-11)19(2)8-13-9-20-10-18-13/h4-5,7,9-10,12H,3,6,8,17H2,1-2H3. The number of aromatic nitrogens is 1. The molecule has 1 aromatic carbocycles. The average molecular weight is 310 g/mol. The van der Waals surface area contributed by atoms with E-state index < -0.39 is 0 Å². The highest BCUT2D eigenvalue weighted by atomic mass is 35.5. The maximum absolute atomic E-state index is 6.39. The molecule has 2 N–H and O–H groups in total. The molecule has 0 aliphatic rings. The van der Waals surface area contributed by atoms with Crippen molar-refractivity contribution in [1.29, 1.82) is 0 Å². The Morgan fingerprint density at radius 2 is 2.25 bits per heavy atom. The Balaban J connectivity index is 2.08. The van der Waals surface area contributed by atoms with Gasteiger partial charge in [-0.1, -0.05) is 24.6 Å². The summed E-state index contributed by atoms with van der Waals surface area (Å²) < 4.78 is 0. The molecular formula is C15H20ClN3S. The predicted octanol–water partition coefficient (Wildman–Crippen LogP) is 3.71. The number of hydrogen-bond acceptors (Lipinski definition) is 4. The first-order valence-corrected chi connectivity index (χ1v) is 8.04. The molecule has 3 nitrogen and oxygen atoms in total. The van der Waals surface area contributed by atoms with Gasteiger partial charge in [-0.25, -0.2) is 4.98 Å². The van der Waals surface area contributed by atoms with Crippen molar-refractivity contribution in [2.24, 2.45) is 5.73 Å². The highest BCUT2D eigenvalue weighted by Gasteiger charge is 2.10. The van der Waals surface area contributed by atoms with Crippen LogP contribution >= 0.6 is 22.9 Å². The van der Waals surface area contributed by atoms with Crippen molar-refractivity contribution in [3.05, 3.63) is 45.4 Å². The highest BCUT2D eigenvalue weighted by molar-refractivity contribution is 7.07. The molecule has 20 heavy (non-hydrogen) atoms. The number of benzene rings is 1. The van der Waals surface area contributed by atoms with Gasteiger partial charge in [0.05, 0.1) is 28.5 Å². The van der Waals surface area contributed by atoms with Crippen molar-refractivity contribution in [2.45, 2.75) is 32.4 Å². The highest BCUT2D eigenvalue weighted by Crippen LogP contribution is 2.27. The Morgan fingerprint density at radius 1 is 1.45 bits per heavy atom. The Morgan fingerprint density at radius 3 is 2.85 bits per heavy atom. The number of rotatable bonds is 6. The van der Waals surface area contributed by atoms with Gasteiger partial charge in [-0.15, -0.1) is 11.3 Å². The Labute approximate surface area is 129 Å². The molecule has 1 unspecified atom stereocenters. The molecule has 1 atom stereocenters. The molecule has 5 heteroatoms. The number of halogens is 1. The lowest BCUT2D eigenvalue weighted by molar-refractivity contribution is 0.646. The van der Waals surface area contributed by atoms with Crippen molar-refractivity contribution in [2.75, 3.05) is 11.9 Å². The zero-order valence-corrected chi connectivity index (χ0v) is 13.4. The maximum atomic E-state index is 6.39. The normalized spacial score (nSPS) is 12.4. The SMILES string of the molecule is CCC(N)Cc1ccc(N(C)Cc2cscn2)c(Cl)c1. The van der Waals surface area contributed by atoms with Crippen LogP contribution in [0, 0.1) is 0 Å². The van der Waals surface area contributed by atoms with Crippen LogP contribution in [-0.2, 0) is 13.0 Å². The smallest absolute Gasteiger partial charge is 0.0795 e. The third-order valence-corrected chi connectivity index (χ3v) is 4.27.